The number of allylic oxidation sites excluding steroid dienone is 2. The van der Waals surface area contributed by atoms with Crippen molar-refractivity contribution in [2.24, 2.45) is 0 Å². The molecule has 1 heterocycles. The van der Waals surface area contributed by atoms with E-state index in [9.17, 15) is 13.2 Å². The number of alkyl halides is 3. The third-order valence-electron chi connectivity index (χ3n) is 3.78. The lowest BCUT2D eigenvalue weighted by Crippen LogP contribution is -2.18. The molecule has 0 saturated carbocycles. The molecule has 0 bridgehead atoms. The van der Waals surface area contributed by atoms with Crippen LogP contribution in [0.1, 0.15) is 16.7 Å². The van der Waals surface area contributed by atoms with Crippen LogP contribution in [0.3, 0.4) is 0 Å². The highest BCUT2D eigenvalue weighted by Crippen LogP contribution is 2.33. The summed E-state index contributed by atoms with van der Waals surface area (Å²) in [7, 11) is 1.92. The standard InChI is InChI=1S/C19H16F3N/c1-23-12-16(14-6-3-2-4-7-14)10-17(13-23)15-8-5-9-18(11-15)19(20,21)22/h2-12H,13H2,1H3. The summed E-state index contributed by atoms with van der Waals surface area (Å²) >= 11 is 0. The van der Waals surface area contributed by atoms with Crippen LogP contribution in [-0.2, 0) is 6.18 Å². The maximum absolute atomic E-state index is 12.9. The van der Waals surface area contributed by atoms with E-state index in [1.807, 2.05) is 54.6 Å². The minimum absolute atomic E-state index is 0.581. The molecule has 3 rings (SSSR count). The fourth-order valence-corrected chi connectivity index (χ4v) is 2.68. The molecule has 0 saturated heterocycles. The summed E-state index contributed by atoms with van der Waals surface area (Å²) in [6.45, 7) is 0.581. The third kappa shape index (κ3) is 3.47. The number of halogens is 3. The maximum Gasteiger partial charge on any atom is 0.416 e. The lowest BCUT2D eigenvalue weighted by Gasteiger charge is -2.24. The van der Waals surface area contributed by atoms with Gasteiger partial charge in [0.15, 0.2) is 0 Å². The van der Waals surface area contributed by atoms with Crippen LogP contribution >= 0.6 is 0 Å². The Morgan fingerprint density at radius 1 is 0.913 bits per heavy atom. The molecule has 0 radical (unpaired) electrons. The van der Waals surface area contributed by atoms with Crippen molar-refractivity contribution in [3.05, 3.63) is 83.6 Å². The molecule has 0 fully saturated rings. The summed E-state index contributed by atoms with van der Waals surface area (Å²) in [5, 5.41) is 0. The Morgan fingerprint density at radius 2 is 1.61 bits per heavy atom. The molecule has 1 aliphatic rings. The molecule has 0 N–H and O–H groups in total. The van der Waals surface area contributed by atoms with E-state index >= 15 is 0 Å². The van der Waals surface area contributed by atoms with E-state index in [2.05, 4.69) is 0 Å². The number of hydrogen-bond acceptors (Lipinski definition) is 1. The molecule has 118 valence electrons. The smallest absolute Gasteiger partial charge is 0.376 e. The molecule has 2 aromatic carbocycles. The maximum atomic E-state index is 12.9. The molecule has 0 spiro atoms. The summed E-state index contributed by atoms with van der Waals surface area (Å²) in [5.74, 6) is 0. The first-order valence-electron chi connectivity index (χ1n) is 7.29. The van der Waals surface area contributed by atoms with Gasteiger partial charge in [-0.05, 0) is 40.5 Å². The van der Waals surface area contributed by atoms with E-state index in [0.717, 1.165) is 22.8 Å². The second-order valence-corrected chi connectivity index (χ2v) is 5.61. The van der Waals surface area contributed by atoms with Gasteiger partial charge >= 0.3 is 6.18 Å². The number of nitrogens with zero attached hydrogens (tertiary/aromatic N) is 1. The fourth-order valence-electron chi connectivity index (χ4n) is 2.68. The summed E-state index contributed by atoms with van der Waals surface area (Å²) in [5.41, 5.74) is 2.90. The number of benzene rings is 2. The molecule has 1 aliphatic heterocycles. The van der Waals surface area contributed by atoms with Gasteiger partial charge < -0.3 is 4.90 Å². The minimum atomic E-state index is -4.32. The van der Waals surface area contributed by atoms with Crippen LogP contribution in [-0.4, -0.2) is 18.5 Å². The van der Waals surface area contributed by atoms with E-state index in [1.165, 1.54) is 12.1 Å². The topological polar surface area (TPSA) is 3.24 Å². The first kappa shape index (κ1) is 15.4. The zero-order valence-corrected chi connectivity index (χ0v) is 12.6. The quantitative estimate of drug-likeness (QED) is 0.747. The highest BCUT2D eigenvalue weighted by Gasteiger charge is 2.30. The zero-order valence-electron chi connectivity index (χ0n) is 12.6. The second kappa shape index (κ2) is 5.95. The van der Waals surface area contributed by atoms with Crippen molar-refractivity contribution in [2.75, 3.05) is 13.6 Å². The Morgan fingerprint density at radius 3 is 2.30 bits per heavy atom. The molecule has 2 aromatic rings. The first-order chi connectivity index (χ1) is 10.9. The van der Waals surface area contributed by atoms with Gasteiger partial charge in [0.05, 0.1) is 5.56 Å². The molecule has 4 heteroatoms. The van der Waals surface area contributed by atoms with Gasteiger partial charge in [0.2, 0.25) is 0 Å². The summed E-state index contributed by atoms with van der Waals surface area (Å²) in [6, 6.07) is 15.3. The summed E-state index contributed by atoms with van der Waals surface area (Å²) in [4.78, 5) is 1.98. The van der Waals surface area contributed by atoms with Crippen molar-refractivity contribution in [3.8, 4) is 0 Å². The van der Waals surface area contributed by atoms with E-state index in [1.54, 1.807) is 6.07 Å². The SMILES string of the molecule is CN1C=C(c2ccccc2)C=C(c2cccc(C(F)(F)F)c2)C1. The molecular weight excluding hydrogens is 299 g/mol. The van der Waals surface area contributed by atoms with Crippen LogP contribution in [0.4, 0.5) is 13.2 Å². The highest BCUT2D eigenvalue weighted by atomic mass is 19.4. The average Bonchev–Trinajstić information content (AvgIpc) is 2.54. The van der Waals surface area contributed by atoms with Crippen LogP contribution in [0.2, 0.25) is 0 Å². The fraction of sp³-hybridized carbons (Fsp3) is 0.158. The van der Waals surface area contributed by atoms with Crippen LogP contribution in [0.25, 0.3) is 11.1 Å². The molecular formula is C19H16F3N. The predicted molar refractivity (Wildman–Crippen MR) is 86.5 cm³/mol. The van der Waals surface area contributed by atoms with E-state index < -0.39 is 11.7 Å². The van der Waals surface area contributed by atoms with Crippen LogP contribution in [0.15, 0.2) is 66.9 Å². The molecule has 0 amide bonds. The van der Waals surface area contributed by atoms with Gasteiger partial charge in [-0.1, -0.05) is 42.5 Å². The van der Waals surface area contributed by atoms with Crippen molar-refractivity contribution in [1.82, 2.24) is 4.90 Å². The molecule has 0 aromatic heterocycles. The van der Waals surface area contributed by atoms with E-state index in [4.69, 9.17) is 0 Å². The Hall–Kier alpha value is -2.49. The van der Waals surface area contributed by atoms with Crippen molar-refractivity contribution in [2.45, 2.75) is 6.18 Å². The third-order valence-corrected chi connectivity index (χ3v) is 3.78. The molecule has 1 nitrogen and oxygen atoms in total. The van der Waals surface area contributed by atoms with Gasteiger partial charge in [0.25, 0.3) is 0 Å². The Kier molecular flexibility index (Phi) is 3.99. The van der Waals surface area contributed by atoms with E-state index in [0.29, 0.717) is 12.1 Å². The normalized spacial score (nSPS) is 15.2. The van der Waals surface area contributed by atoms with Crippen molar-refractivity contribution in [3.63, 3.8) is 0 Å². The van der Waals surface area contributed by atoms with Crippen LogP contribution < -0.4 is 0 Å². The minimum Gasteiger partial charge on any atom is -0.376 e. The van der Waals surface area contributed by atoms with Gasteiger partial charge in [-0.3, -0.25) is 0 Å². The molecule has 0 aliphatic carbocycles. The first-order valence-corrected chi connectivity index (χ1v) is 7.29. The highest BCUT2D eigenvalue weighted by molar-refractivity contribution is 5.86. The number of likely N-dealkylation sites (N-methyl/N-ethyl adjacent to an activating group) is 1. The van der Waals surface area contributed by atoms with Gasteiger partial charge in [-0.15, -0.1) is 0 Å². The average molecular weight is 315 g/mol. The number of hydrogen-bond donors (Lipinski definition) is 0. The molecule has 0 atom stereocenters. The number of rotatable bonds is 2. The monoisotopic (exact) mass is 315 g/mol. The second-order valence-electron chi connectivity index (χ2n) is 5.61. The predicted octanol–water partition coefficient (Wildman–Crippen LogP) is 5.08. The van der Waals surface area contributed by atoms with Gasteiger partial charge in [-0.25, -0.2) is 0 Å². The Labute approximate surface area is 133 Å². The lowest BCUT2D eigenvalue weighted by molar-refractivity contribution is -0.137. The molecule has 0 unspecified atom stereocenters. The van der Waals surface area contributed by atoms with Crippen LogP contribution in [0, 0.1) is 0 Å². The molecule has 23 heavy (non-hydrogen) atoms. The van der Waals surface area contributed by atoms with Crippen molar-refractivity contribution in [1.29, 1.82) is 0 Å². The van der Waals surface area contributed by atoms with Gasteiger partial charge in [0, 0.05) is 19.8 Å². The van der Waals surface area contributed by atoms with Gasteiger partial charge in [-0.2, -0.15) is 13.2 Å². The largest absolute Gasteiger partial charge is 0.416 e. The van der Waals surface area contributed by atoms with Gasteiger partial charge in [0.1, 0.15) is 0 Å². The summed E-state index contributed by atoms with van der Waals surface area (Å²) in [6.07, 6.45) is -0.355. The van der Waals surface area contributed by atoms with E-state index in [-0.39, 0.29) is 0 Å². The Bertz CT molecular complexity index is 758. The van der Waals surface area contributed by atoms with Crippen molar-refractivity contribution >= 4 is 11.1 Å². The summed E-state index contributed by atoms with van der Waals surface area (Å²) < 4.78 is 38.7. The Balaban J connectivity index is 2.00. The van der Waals surface area contributed by atoms with Crippen LogP contribution in [0.5, 0.6) is 0 Å². The zero-order chi connectivity index (χ0) is 16.4. The van der Waals surface area contributed by atoms with Crippen molar-refractivity contribution < 1.29 is 13.2 Å². The lowest BCUT2D eigenvalue weighted by atomic mass is 9.95.